The maximum absolute atomic E-state index is 9.88. The van der Waals surface area contributed by atoms with Crippen LogP contribution in [0.15, 0.2) is 24.3 Å². The van der Waals surface area contributed by atoms with E-state index in [1.807, 2.05) is 0 Å². The maximum Gasteiger partial charge on any atom is 0.0653 e. The Morgan fingerprint density at radius 2 is 1.81 bits per heavy atom. The highest BCUT2D eigenvalue weighted by Crippen LogP contribution is 2.40. The first-order valence-corrected chi connectivity index (χ1v) is 6.22. The third kappa shape index (κ3) is 2.65. The molecule has 0 aromatic heterocycles. The molecule has 0 atom stereocenters. The van der Waals surface area contributed by atoms with Crippen LogP contribution in [0.5, 0.6) is 0 Å². The van der Waals surface area contributed by atoms with Crippen LogP contribution in [0.1, 0.15) is 51.2 Å². The summed E-state index contributed by atoms with van der Waals surface area (Å²) in [7, 11) is 0. The van der Waals surface area contributed by atoms with Gasteiger partial charge in [0.2, 0.25) is 0 Å². The maximum atomic E-state index is 9.88. The molecule has 1 aliphatic carbocycles. The molecular formula is C15H22O. The smallest absolute Gasteiger partial charge is 0.0653 e. The molecule has 1 aromatic carbocycles. The number of rotatable bonds is 3. The Balaban J connectivity index is 2.13. The fraction of sp³-hybridized carbons (Fsp3) is 0.600. The zero-order valence-corrected chi connectivity index (χ0v) is 10.6. The Morgan fingerprint density at radius 1 is 1.19 bits per heavy atom. The van der Waals surface area contributed by atoms with E-state index in [0.29, 0.717) is 0 Å². The lowest BCUT2D eigenvalue weighted by molar-refractivity contribution is 0.140. The van der Waals surface area contributed by atoms with Crippen LogP contribution in [0.3, 0.4) is 0 Å². The van der Waals surface area contributed by atoms with Crippen LogP contribution in [-0.4, -0.2) is 10.7 Å². The molecule has 0 amide bonds. The molecule has 2 rings (SSSR count). The predicted molar refractivity (Wildman–Crippen MR) is 67.6 cm³/mol. The number of aliphatic hydroxyl groups is 1. The molecule has 0 bridgehead atoms. The molecule has 0 unspecified atom stereocenters. The van der Waals surface area contributed by atoms with E-state index >= 15 is 0 Å². The fourth-order valence-electron chi connectivity index (χ4n) is 2.23. The number of hydrogen-bond acceptors (Lipinski definition) is 1. The Hall–Kier alpha value is -0.820. The molecule has 1 N–H and O–H groups in total. The van der Waals surface area contributed by atoms with Crippen molar-refractivity contribution in [1.29, 1.82) is 0 Å². The molecule has 0 heterocycles. The van der Waals surface area contributed by atoms with Crippen molar-refractivity contribution in [3.63, 3.8) is 0 Å². The monoisotopic (exact) mass is 218 g/mol. The SMILES string of the molecule is CC(C)(C)c1ccccc1CCC1(O)CC1. The topological polar surface area (TPSA) is 20.2 Å². The molecule has 16 heavy (non-hydrogen) atoms. The Labute approximate surface area is 98.5 Å². The second-order valence-electron chi connectivity index (χ2n) is 6.13. The van der Waals surface area contributed by atoms with Gasteiger partial charge in [-0.2, -0.15) is 0 Å². The summed E-state index contributed by atoms with van der Waals surface area (Å²) in [4.78, 5) is 0. The van der Waals surface area contributed by atoms with Gasteiger partial charge in [0, 0.05) is 0 Å². The summed E-state index contributed by atoms with van der Waals surface area (Å²) in [6.07, 6.45) is 3.90. The number of aryl methyl sites for hydroxylation is 1. The average Bonchev–Trinajstić information content (AvgIpc) is 2.94. The van der Waals surface area contributed by atoms with Gasteiger partial charge in [-0.3, -0.25) is 0 Å². The van der Waals surface area contributed by atoms with Crippen molar-refractivity contribution < 1.29 is 5.11 Å². The van der Waals surface area contributed by atoms with E-state index in [4.69, 9.17) is 0 Å². The van der Waals surface area contributed by atoms with Crippen molar-refractivity contribution in [3.8, 4) is 0 Å². The summed E-state index contributed by atoms with van der Waals surface area (Å²) in [5.74, 6) is 0. The van der Waals surface area contributed by atoms with Crippen LogP contribution in [0, 0.1) is 0 Å². The minimum absolute atomic E-state index is 0.197. The van der Waals surface area contributed by atoms with Crippen LogP contribution in [-0.2, 0) is 11.8 Å². The number of benzene rings is 1. The lowest BCUT2D eigenvalue weighted by Crippen LogP contribution is -2.16. The van der Waals surface area contributed by atoms with E-state index < -0.39 is 0 Å². The summed E-state index contributed by atoms with van der Waals surface area (Å²) in [6, 6.07) is 8.62. The molecule has 1 nitrogen and oxygen atoms in total. The van der Waals surface area contributed by atoms with Gasteiger partial charge in [0.15, 0.2) is 0 Å². The Morgan fingerprint density at radius 3 is 2.38 bits per heavy atom. The van der Waals surface area contributed by atoms with Gasteiger partial charge in [-0.05, 0) is 42.2 Å². The van der Waals surface area contributed by atoms with Crippen molar-refractivity contribution in [3.05, 3.63) is 35.4 Å². The van der Waals surface area contributed by atoms with Gasteiger partial charge in [0.05, 0.1) is 5.60 Å². The van der Waals surface area contributed by atoms with Crippen molar-refractivity contribution >= 4 is 0 Å². The molecule has 1 heteroatoms. The summed E-state index contributed by atoms with van der Waals surface area (Å²) in [5.41, 5.74) is 2.68. The van der Waals surface area contributed by atoms with Crippen molar-refractivity contribution in [2.24, 2.45) is 0 Å². The van der Waals surface area contributed by atoms with E-state index in [2.05, 4.69) is 45.0 Å². The minimum Gasteiger partial charge on any atom is -0.390 e. The summed E-state index contributed by atoms with van der Waals surface area (Å²) >= 11 is 0. The van der Waals surface area contributed by atoms with Crippen molar-refractivity contribution in [2.75, 3.05) is 0 Å². The van der Waals surface area contributed by atoms with Gasteiger partial charge in [-0.15, -0.1) is 0 Å². The normalized spacial score (nSPS) is 18.5. The molecule has 1 aromatic rings. The molecule has 1 fully saturated rings. The summed E-state index contributed by atoms with van der Waals surface area (Å²) < 4.78 is 0. The van der Waals surface area contributed by atoms with E-state index in [9.17, 15) is 5.11 Å². The summed E-state index contributed by atoms with van der Waals surface area (Å²) in [5, 5.41) is 9.88. The van der Waals surface area contributed by atoms with Gasteiger partial charge < -0.3 is 5.11 Å². The highest BCUT2D eigenvalue weighted by molar-refractivity contribution is 5.33. The lowest BCUT2D eigenvalue weighted by atomic mass is 9.82. The quantitative estimate of drug-likeness (QED) is 0.824. The first-order chi connectivity index (χ1) is 7.41. The van der Waals surface area contributed by atoms with E-state index in [0.717, 1.165) is 25.7 Å². The molecule has 1 aliphatic rings. The Bertz CT molecular complexity index is 369. The van der Waals surface area contributed by atoms with E-state index in [1.165, 1.54) is 11.1 Å². The molecule has 0 saturated heterocycles. The minimum atomic E-state index is -0.328. The van der Waals surface area contributed by atoms with Gasteiger partial charge in [-0.25, -0.2) is 0 Å². The van der Waals surface area contributed by atoms with Gasteiger partial charge >= 0.3 is 0 Å². The summed E-state index contributed by atoms with van der Waals surface area (Å²) in [6.45, 7) is 6.74. The second kappa shape index (κ2) is 3.89. The highest BCUT2D eigenvalue weighted by atomic mass is 16.3. The van der Waals surface area contributed by atoms with E-state index in [1.54, 1.807) is 0 Å². The number of hydrogen-bond donors (Lipinski definition) is 1. The standard InChI is InChI=1S/C15H22O/c1-14(2,3)13-7-5-4-6-12(13)8-9-15(16)10-11-15/h4-7,16H,8-11H2,1-3H3. The lowest BCUT2D eigenvalue weighted by Gasteiger charge is -2.23. The van der Waals surface area contributed by atoms with E-state index in [-0.39, 0.29) is 11.0 Å². The average molecular weight is 218 g/mol. The predicted octanol–water partition coefficient (Wildman–Crippen LogP) is 3.44. The molecule has 1 saturated carbocycles. The molecule has 0 radical (unpaired) electrons. The highest BCUT2D eigenvalue weighted by Gasteiger charge is 2.39. The van der Waals surface area contributed by atoms with Crippen LogP contribution in [0.25, 0.3) is 0 Å². The van der Waals surface area contributed by atoms with Gasteiger partial charge in [0.25, 0.3) is 0 Å². The van der Waals surface area contributed by atoms with Crippen LogP contribution in [0.4, 0.5) is 0 Å². The van der Waals surface area contributed by atoms with Gasteiger partial charge in [0.1, 0.15) is 0 Å². The van der Waals surface area contributed by atoms with Crippen molar-refractivity contribution in [2.45, 2.75) is 57.5 Å². The van der Waals surface area contributed by atoms with Crippen LogP contribution >= 0.6 is 0 Å². The van der Waals surface area contributed by atoms with Crippen molar-refractivity contribution in [1.82, 2.24) is 0 Å². The van der Waals surface area contributed by atoms with Gasteiger partial charge in [-0.1, -0.05) is 45.0 Å². The third-order valence-corrected chi connectivity index (χ3v) is 3.51. The molecule has 0 spiro atoms. The molecule has 0 aliphatic heterocycles. The zero-order chi connectivity index (χ0) is 11.8. The fourth-order valence-corrected chi connectivity index (χ4v) is 2.23. The van der Waals surface area contributed by atoms with Crippen LogP contribution < -0.4 is 0 Å². The van der Waals surface area contributed by atoms with Crippen LogP contribution in [0.2, 0.25) is 0 Å². The second-order valence-corrected chi connectivity index (χ2v) is 6.13. The molecular weight excluding hydrogens is 196 g/mol. The first kappa shape index (κ1) is 11.7. The first-order valence-electron chi connectivity index (χ1n) is 6.22. The Kier molecular flexibility index (Phi) is 2.83. The largest absolute Gasteiger partial charge is 0.390 e. The molecule has 88 valence electrons. The third-order valence-electron chi connectivity index (χ3n) is 3.51. The zero-order valence-electron chi connectivity index (χ0n) is 10.6.